The number of hydrogen-bond acceptors (Lipinski definition) is 2. The predicted octanol–water partition coefficient (Wildman–Crippen LogP) is 6.63. The first kappa shape index (κ1) is 24.2. The summed E-state index contributed by atoms with van der Waals surface area (Å²) in [7, 11) is 0. The minimum absolute atomic E-state index is 0.0624. The van der Waals surface area contributed by atoms with Gasteiger partial charge in [-0.15, -0.1) is 0 Å². The zero-order valence-electron chi connectivity index (χ0n) is 23.0. The molecule has 3 aromatic heterocycles. The molecular formula is C31H42N3O+. The van der Waals surface area contributed by atoms with Crippen molar-refractivity contribution in [1.29, 1.82) is 0 Å². The Morgan fingerprint density at radius 1 is 1.06 bits per heavy atom. The van der Waals surface area contributed by atoms with Crippen LogP contribution in [0.1, 0.15) is 111 Å². The minimum atomic E-state index is -0.368. The molecule has 0 bridgehead atoms. The highest BCUT2D eigenvalue weighted by atomic mass is 16.1. The van der Waals surface area contributed by atoms with Gasteiger partial charge in [-0.2, -0.15) is 4.57 Å². The highest BCUT2D eigenvalue weighted by molar-refractivity contribution is 5.98. The summed E-state index contributed by atoms with van der Waals surface area (Å²) in [6.07, 6.45) is 8.58. The van der Waals surface area contributed by atoms with E-state index in [4.69, 9.17) is 4.98 Å². The quantitative estimate of drug-likeness (QED) is 0.168. The number of nitrogens with zero attached hydrogens (tertiary/aromatic N) is 3. The second-order valence-corrected chi connectivity index (χ2v) is 12.6. The van der Waals surface area contributed by atoms with Gasteiger partial charge in [0.25, 0.3) is 5.65 Å². The number of rotatable bonds is 7. The number of fused-ring (bicyclic) bond motifs is 3. The zero-order chi connectivity index (χ0) is 25.6. The second kappa shape index (κ2) is 7.51. The Labute approximate surface area is 210 Å². The molecule has 5 rings (SSSR count). The van der Waals surface area contributed by atoms with Crippen molar-refractivity contribution in [2.75, 3.05) is 0 Å². The van der Waals surface area contributed by atoms with E-state index in [0.717, 1.165) is 47.2 Å². The van der Waals surface area contributed by atoms with Gasteiger partial charge in [0.15, 0.2) is 5.54 Å². The molecule has 0 saturated heterocycles. The minimum Gasteiger partial charge on any atom is -0.252 e. The van der Waals surface area contributed by atoms with Crippen LogP contribution in [0.5, 0.6) is 0 Å². The number of hydrogen-bond donors (Lipinski definition) is 0. The molecule has 2 aliphatic rings. The van der Waals surface area contributed by atoms with Gasteiger partial charge in [0, 0.05) is 22.6 Å². The maximum Gasteiger partial charge on any atom is 0.338 e. The molecule has 1 fully saturated rings. The van der Waals surface area contributed by atoms with E-state index in [1.54, 1.807) is 0 Å². The van der Waals surface area contributed by atoms with Crippen LogP contribution in [-0.2, 0) is 21.8 Å². The largest absolute Gasteiger partial charge is 0.338 e. The smallest absolute Gasteiger partial charge is 0.252 e. The molecule has 3 aromatic rings. The molecule has 186 valence electrons. The molecule has 4 nitrogen and oxygen atoms in total. The Morgan fingerprint density at radius 3 is 2.37 bits per heavy atom. The summed E-state index contributed by atoms with van der Waals surface area (Å²) in [5.41, 5.74) is 6.03. The maximum absolute atomic E-state index is 14.1. The normalized spacial score (nSPS) is 23.4. The molecule has 0 radical (unpaired) electrons. The molecule has 4 heterocycles. The molecule has 2 unspecified atom stereocenters. The summed E-state index contributed by atoms with van der Waals surface area (Å²) in [4.78, 5) is 19.2. The Kier molecular flexibility index (Phi) is 5.19. The van der Waals surface area contributed by atoms with Crippen LogP contribution in [0.4, 0.5) is 0 Å². The van der Waals surface area contributed by atoms with E-state index in [0.29, 0.717) is 0 Å². The van der Waals surface area contributed by atoms with Crippen LogP contribution >= 0.6 is 0 Å². The van der Waals surface area contributed by atoms with Crippen LogP contribution in [-0.4, -0.2) is 9.55 Å². The Balaban J connectivity index is 1.95. The van der Waals surface area contributed by atoms with Gasteiger partial charge >= 0.3 is 5.56 Å². The molecule has 0 N–H and O–H groups in total. The van der Waals surface area contributed by atoms with Crippen LogP contribution in [0.25, 0.3) is 16.6 Å². The third-order valence-electron chi connectivity index (χ3n) is 9.24. The molecule has 1 aliphatic heterocycles. The molecule has 2 atom stereocenters. The second-order valence-electron chi connectivity index (χ2n) is 12.6. The van der Waals surface area contributed by atoms with Crippen molar-refractivity contribution in [2.45, 2.75) is 116 Å². The van der Waals surface area contributed by atoms with Crippen molar-refractivity contribution >= 4 is 16.6 Å². The van der Waals surface area contributed by atoms with Gasteiger partial charge in [0.1, 0.15) is 5.69 Å². The van der Waals surface area contributed by atoms with Crippen molar-refractivity contribution in [1.82, 2.24) is 9.55 Å². The van der Waals surface area contributed by atoms with E-state index >= 15 is 0 Å². The molecule has 0 amide bonds. The average molecular weight is 473 g/mol. The molecular weight excluding hydrogens is 430 g/mol. The maximum atomic E-state index is 14.1. The summed E-state index contributed by atoms with van der Waals surface area (Å²) < 4.78 is 4.40. The van der Waals surface area contributed by atoms with Gasteiger partial charge in [-0.3, -0.25) is 4.98 Å². The number of aromatic nitrogens is 3. The topological polar surface area (TPSA) is 39.0 Å². The lowest BCUT2D eigenvalue weighted by Crippen LogP contribution is -2.48. The van der Waals surface area contributed by atoms with E-state index in [-0.39, 0.29) is 27.3 Å². The summed E-state index contributed by atoms with van der Waals surface area (Å²) in [5.74, 6) is 0. The van der Waals surface area contributed by atoms with Crippen molar-refractivity contribution in [3.8, 4) is 0 Å². The summed E-state index contributed by atoms with van der Waals surface area (Å²) in [5, 5.41) is 1.13. The molecule has 1 aliphatic carbocycles. The highest BCUT2D eigenvalue weighted by Gasteiger charge is 2.78. The third-order valence-corrected chi connectivity index (χ3v) is 9.24. The van der Waals surface area contributed by atoms with Crippen molar-refractivity contribution in [3.63, 3.8) is 0 Å². The summed E-state index contributed by atoms with van der Waals surface area (Å²) >= 11 is 0. The lowest BCUT2D eigenvalue weighted by Gasteiger charge is -2.31. The van der Waals surface area contributed by atoms with E-state index in [2.05, 4.69) is 89.3 Å². The van der Waals surface area contributed by atoms with E-state index in [9.17, 15) is 4.79 Å². The fraction of sp³-hybridized carbons (Fsp3) is 0.581. The van der Waals surface area contributed by atoms with Gasteiger partial charge in [0.2, 0.25) is 0 Å². The van der Waals surface area contributed by atoms with Gasteiger partial charge in [-0.1, -0.05) is 81.2 Å². The van der Waals surface area contributed by atoms with Crippen LogP contribution in [0.2, 0.25) is 0 Å². The fourth-order valence-corrected chi connectivity index (χ4v) is 7.24. The van der Waals surface area contributed by atoms with Crippen LogP contribution in [0.15, 0.2) is 41.3 Å². The molecule has 0 aromatic carbocycles. The SMILES string of the molecule is C=C1C2(CC)c3cc(C(C)(C)C)nc4cc[n+]5c(C(C)(C)CCCCC)cc(=O)n(c5c34)C12CC. The molecule has 0 spiro atoms. The van der Waals surface area contributed by atoms with Gasteiger partial charge in [0.05, 0.1) is 28.6 Å². The molecule has 4 heteroatoms. The first-order valence-corrected chi connectivity index (χ1v) is 13.6. The van der Waals surface area contributed by atoms with Crippen molar-refractivity contribution in [3.05, 3.63) is 63.9 Å². The lowest BCUT2D eigenvalue weighted by atomic mass is 9.79. The van der Waals surface area contributed by atoms with Crippen molar-refractivity contribution < 1.29 is 4.40 Å². The lowest BCUT2D eigenvalue weighted by molar-refractivity contribution is -0.530. The van der Waals surface area contributed by atoms with Gasteiger partial charge in [-0.05, 0) is 36.5 Å². The summed E-state index contributed by atoms with van der Waals surface area (Å²) in [6.45, 7) is 22.6. The average Bonchev–Trinajstić information content (AvgIpc) is 3.36. The molecule has 35 heavy (non-hydrogen) atoms. The number of allylic oxidation sites excluding steroid dienone is 1. The third kappa shape index (κ3) is 2.89. The first-order valence-electron chi connectivity index (χ1n) is 13.6. The Bertz CT molecular complexity index is 1440. The monoisotopic (exact) mass is 472 g/mol. The van der Waals surface area contributed by atoms with E-state index in [1.165, 1.54) is 30.4 Å². The van der Waals surface area contributed by atoms with Crippen LogP contribution < -0.4 is 9.96 Å². The van der Waals surface area contributed by atoms with Crippen molar-refractivity contribution in [2.24, 2.45) is 0 Å². The van der Waals surface area contributed by atoms with Crippen LogP contribution in [0, 0.1) is 0 Å². The highest BCUT2D eigenvalue weighted by Crippen LogP contribution is 2.72. The summed E-state index contributed by atoms with van der Waals surface area (Å²) in [6, 6.07) is 6.41. The fourth-order valence-electron chi connectivity index (χ4n) is 7.24. The standard InChI is InChI=1S/C31H42N3O/c1-10-13-14-16-29(8,9)24-19-25(35)34-27-26-21(30(11-2)20(4)31(30,34)12-3)18-23(28(5,6)7)32-22(26)15-17-33(24)27/h15,17-19H,4,10-14,16H2,1-3,5-9H3/q+1. The van der Waals surface area contributed by atoms with Gasteiger partial charge in [-0.25, -0.2) is 9.20 Å². The van der Waals surface area contributed by atoms with Gasteiger partial charge < -0.3 is 0 Å². The Morgan fingerprint density at radius 2 is 1.77 bits per heavy atom. The number of unbranched alkanes of at least 4 members (excludes halogenated alkanes) is 2. The zero-order valence-corrected chi connectivity index (χ0v) is 23.0. The number of pyridine rings is 2. The van der Waals surface area contributed by atoms with E-state index in [1.807, 2.05) is 6.07 Å². The first-order chi connectivity index (χ1) is 16.4. The van der Waals surface area contributed by atoms with E-state index < -0.39 is 0 Å². The molecule has 1 saturated carbocycles. The Hall–Kier alpha value is -2.49. The predicted molar refractivity (Wildman–Crippen MR) is 144 cm³/mol. The van der Waals surface area contributed by atoms with Crippen LogP contribution in [0.3, 0.4) is 0 Å².